The van der Waals surface area contributed by atoms with Crippen molar-refractivity contribution >= 4 is 33.7 Å². The number of aromatic nitrogens is 4. The van der Waals surface area contributed by atoms with E-state index in [0.717, 1.165) is 16.2 Å². The first-order valence-corrected chi connectivity index (χ1v) is 9.27. The molecule has 0 saturated carbocycles. The topological polar surface area (TPSA) is 63.6 Å². The zero-order valence-electron chi connectivity index (χ0n) is 14.3. The van der Waals surface area contributed by atoms with Gasteiger partial charge in [-0.25, -0.2) is 9.97 Å². The molecule has 5 nitrogen and oxygen atoms in total. The van der Waals surface area contributed by atoms with E-state index in [9.17, 15) is 4.79 Å². The molecule has 26 heavy (non-hydrogen) atoms. The van der Waals surface area contributed by atoms with Crippen molar-refractivity contribution in [3.63, 3.8) is 0 Å². The Bertz CT molecular complexity index is 1160. The zero-order chi connectivity index (χ0) is 18.1. The van der Waals surface area contributed by atoms with Gasteiger partial charge in [-0.1, -0.05) is 42.1 Å². The number of hydrogen-bond donors (Lipinski definition) is 1. The summed E-state index contributed by atoms with van der Waals surface area (Å²) < 4.78 is 2.13. The van der Waals surface area contributed by atoms with Crippen molar-refractivity contribution < 1.29 is 0 Å². The van der Waals surface area contributed by atoms with Gasteiger partial charge in [-0.05, 0) is 31.2 Å². The van der Waals surface area contributed by atoms with Crippen LogP contribution in [0.1, 0.15) is 18.0 Å². The lowest BCUT2D eigenvalue weighted by atomic mass is 10.2. The molecule has 0 unspecified atom stereocenters. The molecular weight excluding hydrogens is 344 g/mol. The molecule has 0 aliphatic carbocycles. The van der Waals surface area contributed by atoms with Gasteiger partial charge in [0.25, 0.3) is 5.56 Å². The van der Waals surface area contributed by atoms with E-state index in [1.54, 1.807) is 17.8 Å². The molecule has 0 aliphatic rings. The fourth-order valence-corrected chi connectivity index (χ4v) is 3.95. The number of H-pyrrole nitrogens is 1. The molecule has 0 amide bonds. The number of thioether (sulfide) groups is 1. The minimum absolute atomic E-state index is 0.0484. The number of benzene rings is 2. The lowest BCUT2D eigenvalue weighted by Gasteiger charge is -2.12. The monoisotopic (exact) mass is 362 g/mol. The van der Waals surface area contributed by atoms with Gasteiger partial charge >= 0.3 is 0 Å². The summed E-state index contributed by atoms with van der Waals surface area (Å²) in [7, 11) is 0. The van der Waals surface area contributed by atoms with E-state index in [1.165, 1.54) is 0 Å². The molecule has 4 rings (SSSR count). The Hall–Kier alpha value is -2.86. The Labute approximate surface area is 154 Å². The van der Waals surface area contributed by atoms with Crippen LogP contribution in [-0.2, 0) is 6.54 Å². The lowest BCUT2D eigenvalue weighted by Crippen LogP contribution is -2.13. The maximum Gasteiger partial charge on any atom is 0.258 e. The SMILES string of the molecule is C=CCn1c(S[C@@H](C)c2nc3ccccc3c(=O)[nH]2)nc2ccccc21. The highest BCUT2D eigenvalue weighted by Gasteiger charge is 2.17. The van der Waals surface area contributed by atoms with E-state index >= 15 is 0 Å². The van der Waals surface area contributed by atoms with Crippen LogP contribution in [0.15, 0.2) is 71.1 Å². The molecular formula is C20H18N4OS. The molecule has 0 bridgehead atoms. The van der Waals surface area contributed by atoms with Crippen LogP contribution in [-0.4, -0.2) is 19.5 Å². The highest BCUT2D eigenvalue weighted by atomic mass is 32.2. The van der Waals surface area contributed by atoms with E-state index in [2.05, 4.69) is 27.2 Å². The number of hydrogen-bond acceptors (Lipinski definition) is 4. The average molecular weight is 362 g/mol. The number of para-hydroxylation sites is 3. The van der Waals surface area contributed by atoms with E-state index in [0.29, 0.717) is 23.3 Å². The van der Waals surface area contributed by atoms with Gasteiger partial charge in [-0.15, -0.1) is 6.58 Å². The Balaban J connectivity index is 1.73. The van der Waals surface area contributed by atoms with Crippen LogP contribution in [0.2, 0.25) is 0 Å². The second-order valence-corrected chi connectivity index (χ2v) is 7.32. The third kappa shape index (κ3) is 2.93. The standard InChI is InChI=1S/C20H18N4OS/c1-3-12-24-17-11-7-6-10-16(17)22-20(24)26-13(2)18-21-15-9-5-4-8-14(15)19(25)23-18/h3-11,13H,1,12H2,2H3,(H,21,23,25)/t13-/m0/s1. The molecule has 2 aromatic heterocycles. The molecule has 6 heteroatoms. The van der Waals surface area contributed by atoms with Gasteiger partial charge < -0.3 is 9.55 Å². The van der Waals surface area contributed by atoms with Crippen LogP contribution in [0.25, 0.3) is 21.9 Å². The molecule has 0 saturated heterocycles. The summed E-state index contributed by atoms with van der Waals surface area (Å²) in [6, 6.07) is 15.4. The van der Waals surface area contributed by atoms with Crippen LogP contribution in [0, 0.1) is 0 Å². The summed E-state index contributed by atoms with van der Waals surface area (Å²) in [4.78, 5) is 24.6. The third-order valence-corrected chi connectivity index (χ3v) is 5.33. The van der Waals surface area contributed by atoms with Crippen LogP contribution in [0.3, 0.4) is 0 Å². The minimum Gasteiger partial charge on any atom is -0.315 e. The summed E-state index contributed by atoms with van der Waals surface area (Å²) in [6.45, 7) is 6.55. The molecule has 0 aliphatic heterocycles. The van der Waals surface area contributed by atoms with Gasteiger partial charge in [-0.3, -0.25) is 4.79 Å². The first kappa shape index (κ1) is 16.6. The summed E-state index contributed by atoms with van der Waals surface area (Å²) >= 11 is 1.58. The molecule has 1 atom stereocenters. The summed E-state index contributed by atoms with van der Waals surface area (Å²) in [5.74, 6) is 0.649. The number of aromatic amines is 1. The van der Waals surface area contributed by atoms with Gasteiger partial charge in [0.1, 0.15) is 5.82 Å². The highest BCUT2D eigenvalue weighted by molar-refractivity contribution is 7.99. The fourth-order valence-electron chi connectivity index (χ4n) is 2.96. The second kappa shape index (κ2) is 6.80. The van der Waals surface area contributed by atoms with Gasteiger partial charge in [-0.2, -0.15) is 0 Å². The summed E-state index contributed by atoms with van der Waals surface area (Å²) in [5, 5.41) is 1.44. The predicted molar refractivity (Wildman–Crippen MR) is 107 cm³/mol. The quantitative estimate of drug-likeness (QED) is 0.424. The molecule has 2 heterocycles. The second-order valence-electron chi connectivity index (χ2n) is 6.01. The van der Waals surface area contributed by atoms with Crippen molar-refractivity contribution in [1.29, 1.82) is 0 Å². The van der Waals surface area contributed by atoms with Crippen molar-refractivity contribution in [3.8, 4) is 0 Å². The first-order chi connectivity index (χ1) is 12.7. The van der Waals surface area contributed by atoms with Crippen LogP contribution in [0.5, 0.6) is 0 Å². The van der Waals surface area contributed by atoms with E-state index in [4.69, 9.17) is 4.98 Å². The lowest BCUT2D eigenvalue weighted by molar-refractivity contribution is 0.744. The van der Waals surface area contributed by atoms with Gasteiger partial charge in [0.15, 0.2) is 5.16 Å². The van der Waals surface area contributed by atoms with Crippen molar-refractivity contribution in [2.75, 3.05) is 0 Å². The fraction of sp³-hybridized carbons (Fsp3) is 0.150. The third-order valence-electron chi connectivity index (χ3n) is 4.23. The number of fused-ring (bicyclic) bond motifs is 2. The van der Waals surface area contributed by atoms with Crippen LogP contribution < -0.4 is 5.56 Å². The van der Waals surface area contributed by atoms with E-state index in [1.807, 2.05) is 49.4 Å². The maximum absolute atomic E-state index is 12.3. The number of nitrogens with zero attached hydrogens (tertiary/aromatic N) is 3. The highest BCUT2D eigenvalue weighted by Crippen LogP contribution is 2.34. The van der Waals surface area contributed by atoms with E-state index in [-0.39, 0.29) is 10.8 Å². The summed E-state index contributed by atoms with van der Waals surface area (Å²) in [5.41, 5.74) is 2.61. The first-order valence-electron chi connectivity index (χ1n) is 8.39. The predicted octanol–water partition coefficient (Wildman–Crippen LogP) is 4.31. The Morgan fingerprint density at radius 3 is 2.69 bits per heavy atom. The minimum atomic E-state index is -0.113. The van der Waals surface area contributed by atoms with Crippen LogP contribution >= 0.6 is 11.8 Å². The average Bonchev–Trinajstić information content (AvgIpc) is 2.99. The van der Waals surface area contributed by atoms with Crippen LogP contribution in [0.4, 0.5) is 0 Å². The van der Waals surface area contributed by atoms with Crippen molar-refractivity contribution in [3.05, 3.63) is 77.4 Å². The van der Waals surface area contributed by atoms with Crippen molar-refractivity contribution in [2.45, 2.75) is 23.9 Å². The maximum atomic E-state index is 12.3. The van der Waals surface area contributed by atoms with Crippen molar-refractivity contribution in [1.82, 2.24) is 19.5 Å². The Morgan fingerprint density at radius 2 is 1.88 bits per heavy atom. The van der Waals surface area contributed by atoms with Gasteiger partial charge in [0.05, 0.1) is 27.2 Å². The Morgan fingerprint density at radius 1 is 1.15 bits per heavy atom. The molecule has 1 N–H and O–H groups in total. The molecule has 0 spiro atoms. The van der Waals surface area contributed by atoms with E-state index < -0.39 is 0 Å². The number of allylic oxidation sites excluding steroid dienone is 1. The number of imidazole rings is 1. The largest absolute Gasteiger partial charge is 0.315 e. The molecule has 0 fully saturated rings. The van der Waals surface area contributed by atoms with Gasteiger partial charge in [0.2, 0.25) is 0 Å². The smallest absolute Gasteiger partial charge is 0.258 e. The molecule has 2 aromatic carbocycles. The molecule has 0 radical (unpaired) electrons. The summed E-state index contributed by atoms with van der Waals surface area (Å²) in [6.07, 6.45) is 1.86. The molecule has 4 aromatic rings. The Kier molecular flexibility index (Phi) is 4.34. The number of nitrogens with one attached hydrogen (secondary N) is 1. The normalized spacial score (nSPS) is 12.5. The molecule has 130 valence electrons. The zero-order valence-corrected chi connectivity index (χ0v) is 15.2. The van der Waals surface area contributed by atoms with Gasteiger partial charge in [0, 0.05) is 6.54 Å². The number of rotatable bonds is 5. The van der Waals surface area contributed by atoms with Crippen molar-refractivity contribution in [2.24, 2.45) is 0 Å².